The van der Waals surface area contributed by atoms with Gasteiger partial charge < -0.3 is 14.2 Å². The van der Waals surface area contributed by atoms with Gasteiger partial charge in [-0.05, 0) is 24.3 Å². The smallest absolute Gasteiger partial charge is 0.338 e. The average molecular weight is 345 g/mol. The number of nitro groups is 1. The fourth-order valence-corrected chi connectivity index (χ4v) is 2.13. The molecule has 0 fully saturated rings. The van der Waals surface area contributed by atoms with E-state index in [1.807, 2.05) is 0 Å². The fourth-order valence-electron chi connectivity index (χ4n) is 2.13. The first-order valence-electron chi connectivity index (χ1n) is 7.13. The van der Waals surface area contributed by atoms with Crippen molar-refractivity contribution in [1.29, 1.82) is 0 Å². The normalized spacial score (nSPS) is 10.0. The lowest BCUT2D eigenvalue weighted by atomic mass is 10.1. The number of hydrogen-bond acceptors (Lipinski definition) is 7. The Morgan fingerprint density at radius 1 is 1.04 bits per heavy atom. The predicted octanol–water partition coefficient (Wildman–Crippen LogP) is 2.65. The second-order valence-corrected chi connectivity index (χ2v) is 4.84. The number of nitrogens with zero attached hydrogens (tertiary/aromatic N) is 1. The molecule has 2 aromatic carbocycles. The molecule has 2 rings (SSSR count). The van der Waals surface area contributed by atoms with E-state index in [4.69, 9.17) is 14.2 Å². The summed E-state index contributed by atoms with van der Waals surface area (Å²) >= 11 is 0. The van der Waals surface area contributed by atoms with E-state index in [-0.39, 0.29) is 22.6 Å². The third-order valence-corrected chi connectivity index (χ3v) is 3.35. The number of para-hydroxylation sites is 1. The van der Waals surface area contributed by atoms with Gasteiger partial charge in [0.2, 0.25) is 5.78 Å². The van der Waals surface area contributed by atoms with Gasteiger partial charge in [0, 0.05) is 6.07 Å². The van der Waals surface area contributed by atoms with E-state index >= 15 is 0 Å². The quantitative estimate of drug-likeness (QED) is 0.329. The van der Waals surface area contributed by atoms with Crippen LogP contribution in [0.3, 0.4) is 0 Å². The van der Waals surface area contributed by atoms with Crippen LogP contribution in [0.15, 0.2) is 42.5 Å². The van der Waals surface area contributed by atoms with Gasteiger partial charge in [-0.2, -0.15) is 0 Å². The van der Waals surface area contributed by atoms with Crippen molar-refractivity contribution in [3.63, 3.8) is 0 Å². The first-order valence-corrected chi connectivity index (χ1v) is 7.13. The van der Waals surface area contributed by atoms with Gasteiger partial charge in [-0.15, -0.1) is 0 Å². The van der Waals surface area contributed by atoms with E-state index in [2.05, 4.69) is 0 Å². The van der Waals surface area contributed by atoms with Gasteiger partial charge >= 0.3 is 11.7 Å². The topological polar surface area (TPSA) is 105 Å². The number of methoxy groups -OCH3 is 2. The van der Waals surface area contributed by atoms with Crippen LogP contribution in [0.2, 0.25) is 0 Å². The molecule has 0 aliphatic rings. The van der Waals surface area contributed by atoms with Crippen molar-refractivity contribution < 1.29 is 28.7 Å². The largest absolute Gasteiger partial charge is 0.496 e. The number of ether oxygens (including phenoxy) is 3. The van der Waals surface area contributed by atoms with Gasteiger partial charge in [0.15, 0.2) is 12.4 Å². The summed E-state index contributed by atoms with van der Waals surface area (Å²) in [5.41, 5.74) is -0.146. The highest BCUT2D eigenvalue weighted by Crippen LogP contribution is 2.27. The summed E-state index contributed by atoms with van der Waals surface area (Å²) in [7, 11) is 2.71. The molecule has 8 heteroatoms. The summed E-state index contributed by atoms with van der Waals surface area (Å²) < 4.78 is 14.9. The molecule has 0 aliphatic carbocycles. The maximum Gasteiger partial charge on any atom is 0.338 e. The molecule has 0 bridgehead atoms. The van der Waals surface area contributed by atoms with Crippen LogP contribution in [0.25, 0.3) is 0 Å². The zero-order valence-corrected chi connectivity index (χ0v) is 13.6. The van der Waals surface area contributed by atoms with Crippen molar-refractivity contribution in [2.45, 2.75) is 0 Å². The highest BCUT2D eigenvalue weighted by molar-refractivity contribution is 6.01. The fraction of sp³-hybridized carbons (Fsp3) is 0.176. The summed E-state index contributed by atoms with van der Waals surface area (Å²) in [6, 6.07) is 10.2. The van der Waals surface area contributed by atoms with Gasteiger partial charge in [-0.3, -0.25) is 14.9 Å². The lowest BCUT2D eigenvalue weighted by Gasteiger charge is -2.08. The van der Waals surface area contributed by atoms with Gasteiger partial charge in [0.05, 0.1) is 30.3 Å². The Hall–Kier alpha value is -3.42. The zero-order valence-electron chi connectivity index (χ0n) is 13.6. The maximum atomic E-state index is 12.2. The molecule has 0 heterocycles. The molecular formula is C17H15NO7. The van der Waals surface area contributed by atoms with Crippen LogP contribution in [0.5, 0.6) is 11.5 Å². The van der Waals surface area contributed by atoms with Crippen LogP contribution in [-0.2, 0) is 4.74 Å². The first-order chi connectivity index (χ1) is 12.0. The molecule has 0 aliphatic heterocycles. The van der Waals surface area contributed by atoms with Crippen LogP contribution in [0.1, 0.15) is 20.7 Å². The Kier molecular flexibility index (Phi) is 5.67. The SMILES string of the molecule is COc1ccccc1C(=O)COC(=O)c1ccc(OC)c([N+](=O)[O-])c1. The Morgan fingerprint density at radius 3 is 2.36 bits per heavy atom. The number of ketones is 1. The Balaban J connectivity index is 2.11. The summed E-state index contributed by atoms with van der Waals surface area (Å²) in [5.74, 6) is -0.918. The molecule has 0 radical (unpaired) electrons. The summed E-state index contributed by atoms with van der Waals surface area (Å²) in [5, 5.41) is 11.0. The summed E-state index contributed by atoms with van der Waals surface area (Å²) in [6.07, 6.45) is 0. The van der Waals surface area contributed by atoms with E-state index in [0.717, 1.165) is 6.07 Å². The van der Waals surface area contributed by atoms with Gasteiger partial charge in [-0.1, -0.05) is 12.1 Å². The second kappa shape index (κ2) is 7.91. The number of benzene rings is 2. The van der Waals surface area contributed by atoms with E-state index in [1.54, 1.807) is 24.3 Å². The van der Waals surface area contributed by atoms with Gasteiger partial charge in [0.25, 0.3) is 0 Å². The molecule has 8 nitrogen and oxygen atoms in total. The Bertz CT molecular complexity index is 816. The van der Waals surface area contributed by atoms with E-state index in [1.165, 1.54) is 26.4 Å². The van der Waals surface area contributed by atoms with Crippen molar-refractivity contribution in [1.82, 2.24) is 0 Å². The third kappa shape index (κ3) is 4.11. The second-order valence-electron chi connectivity index (χ2n) is 4.84. The minimum Gasteiger partial charge on any atom is -0.496 e. The summed E-state index contributed by atoms with van der Waals surface area (Å²) in [4.78, 5) is 34.5. The molecule has 0 N–H and O–H groups in total. The minimum absolute atomic E-state index is 0.0200. The van der Waals surface area contributed by atoms with E-state index in [0.29, 0.717) is 5.75 Å². The minimum atomic E-state index is -0.853. The molecular weight excluding hydrogens is 330 g/mol. The lowest BCUT2D eigenvalue weighted by molar-refractivity contribution is -0.385. The number of carbonyl (C=O) groups excluding carboxylic acids is 2. The number of hydrogen-bond donors (Lipinski definition) is 0. The highest BCUT2D eigenvalue weighted by Gasteiger charge is 2.20. The van der Waals surface area contributed by atoms with Crippen LogP contribution in [0.4, 0.5) is 5.69 Å². The number of esters is 1. The number of nitro benzene ring substituents is 1. The summed E-state index contributed by atoms with van der Waals surface area (Å²) in [6.45, 7) is -0.515. The van der Waals surface area contributed by atoms with Crippen molar-refractivity contribution in [2.75, 3.05) is 20.8 Å². The van der Waals surface area contributed by atoms with Crippen LogP contribution in [-0.4, -0.2) is 37.5 Å². The molecule has 0 saturated heterocycles. The zero-order chi connectivity index (χ0) is 18.4. The molecule has 0 aromatic heterocycles. The highest BCUT2D eigenvalue weighted by atomic mass is 16.6. The van der Waals surface area contributed by atoms with E-state index in [9.17, 15) is 19.7 Å². The van der Waals surface area contributed by atoms with E-state index < -0.39 is 23.3 Å². The molecule has 25 heavy (non-hydrogen) atoms. The molecule has 0 spiro atoms. The van der Waals surface area contributed by atoms with Crippen LogP contribution < -0.4 is 9.47 Å². The molecule has 0 atom stereocenters. The number of rotatable bonds is 7. The van der Waals surface area contributed by atoms with Gasteiger partial charge in [0.1, 0.15) is 5.75 Å². The molecule has 0 saturated carbocycles. The van der Waals surface area contributed by atoms with Crippen molar-refractivity contribution >= 4 is 17.4 Å². The number of carbonyl (C=O) groups is 2. The van der Waals surface area contributed by atoms with Crippen molar-refractivity contribution in [3.05, 3.63) is 63.7 Å². The standard InChI is InChI=1S/C17H15NO7/c1-23-15-6-4-3-5-12(15)14(19)10-25-17(20)11-7-8-16(24-2)13(9-11)18(21)22/h3-9H,10H2,1-2H3. The van der Waals surface area contributed by atoms with Crippen LogP contribution >= 0.6 is 0 Å². The van der Waals surface area contributed by atoms with Gasteiger partial charge in [-0.25, -0.2) is 4.79 Å². The third-order valence-electron chi connectivity index (χ3n) is 3.35. The average Bonchev–Trinajstić information content (AvgIpc) is 2.65. The molecule has 0 unspecified atom stereocenters. The Labute approximate surface area is 143 Å². The monoisotopic (exact) mass is 345 g/mol. The molecule has 130 valence electrons. The predicted molar refractivity (Wildman–Crippen MR) is 87.3 cm³/mol. The Morgan fingerprint density at radius 2 is 1.72 bits per heavy atom. The first kappa shape index (κ1) is 17.9. The molecule has 2 aromatic rings. The molecule has 0 amide bonds. The number of Topliss-reactive ketones (excluding diaryl/α,β-unsaturated/α-hetero) is 1. The van der Waals surface area contributed by atoms with Crippen LogP contribution in [0, 0.1) is 10.1 Å². The maximum absolute atomic E-state index is 12.2. The van der Waals surface area contributed by atoms with Crippen molar-refractivity contribution in [3.8, 4) is 11.5 Å². The van der Waals surface area contributed by atoms with Crippen molar-refractivity contribution in [2.24, 2.45) is 0 Å². The lowest BCUT2D eigenvalue weighted by Crippen LogP contribution is -2.15.